The van der Waals surface area contributed by atoms with Crippen LogP contribution in [0.5, 0.6) is 0 Å². The predicted molar refractivity (Wildman–Crippen MR) is 70.8 cm³/mol. The molecule has 1 nitrogen and oxygen atoms in total. The molecule has 3 aliphatic rings. The Morgan fingerprint density at radius 2 is 2.06 bits per heavy atom. The lowest BCUT2D eigenvalue weighted by molar-refractivity contribution is -0.155. The number of fused-ring (bicyclic) bond motifs is 1. The molecule has 0 amide bonds. The molecule has 0 aromatic heterocycles. The minimum atomic E-state index is 0.0698. The standard InChI is InChI=1S/C16H26O/c1-10(2)14-9-16-12(4)6-7-13(16)11(3)8-15(14,5)17-16/h10,12-14H,3,6-9H2,1-2,4-5H3/t12-,13+,14-,15+,16-/m1/s1. The van der Waals surface area contributed by atoms with Crippen molar-refractivity contribution >= 4 is 0 Å². The van der Waals surface area contributed by atoms with Gasteiger partial charge < -0.3 is 4.74 Å². The van der Waals surface area contributed by atoms with Gasteiger partial charge in [-0.2, -0.15) is 0 Å². The van der Waals surface area contributed by atoms with Crippen molar-refractivity contribution < 1.29 is 4.74 Å². The van der Waals surface area contributed by atoms with Crippen LogP contribution in [0.2, 0.25) is 0 Å². The Balaban J connectivity index is 2.04. The van der Waals surface area contributed by atoms with E-state index in [0.29, 0.717) is 17.8 Å². The molecule has 2 heterocycles. The van der Waals surface area contributed by atoms with Gasteiger partial charge in [0.2, 0.25) is 0 Å². The first-order chi connectivity index (χ1) is 7.89. The van der Waals surface area contributed by atoms with Crippen LogP contribution in [0.4, 0.5) is 0 Å². The molecule has 96 valence electrons. The van der Waals surface area contributed by atoms with Crippen LogP contribution < -0.4 is 0 Å². The van der Waals surface area contributed by atoms with Gasteiger partial charge in [-0.3, -0.25) is 0 Å². The lowest BCUT2D eigenvalue weighted by Crippen LogP contribution is -2.47. The number of hydrogen-bond acceptors (Lipinski definition) is 1. The molecule has 2 saturated heterocycles. The van der Waals surface area contributed by atoms with E-state index in [4.69, 9.17) is 4.74 Å². The average molecular weight is 234 g/mol. The van der Waals surface area contributed by atoms with Crippen molar-refractivity contribution in [2.75, 3.05) is 0 Å². The van der Waals surface area contributed by atoms with Crippen molar-refractivity contribution in [2.24, 2.45) is 23.7 Å². The van der Waals surface area contributed by atoms with E-state index in [2.05, 4.69) is 34.3 Å². The molecule has 1 aliphatic carbocycles. The first-order valence-electron chi connectivity index (χ1n) is 7.27. The number of hydrogen-bond donors (Lipinski definition) is 0. The maximum atomic E-state index is 6.69. The van der Waals surface area contributed by atoms with E-state index in [-0.39, 0.29) is 11.2 Å². The molecule has 5 atom stereocenters. The van der Waals surface area contributed by atoms with Crippen molar-refractivity contribution in [1.82, 2.24) is 0 Å². The van der Waals surface area contributed by atoms with Crippen LogP contribution in [0, 0.1) is 23.7 Å². The van der Waals surface area contributed by atoms with Gasteiger partial charge in [-0.15, -0.1) is 0 Å². The minimum Gasteiger partial charge on any atom is -0.367 e. The molecule has 2 aliphatic heterocycles. The zero-order valence-electron chi connectivity index (χ0n) is 11.8. The van der Waals surface area contributed by atoms with Gasteiger partial charge in [0, 0.05) is 5.92 Å². The average Bonchev–Trinajstić information content (AvgIpc) is 2.65. The third-order valence-electron chi connectivity index (χ3n) is 5.93. The van der Waals surface area contributed by atoms with Crippen LogP contribution in [-0.4, -0.2) is 11.2 Å². The van der Waals surface area contributed by atoms with Gasteiger partial charge in [0.25, 0.3) is 0 Å². The summed E-state index contributed by atoms with van der Waals surface area (Å²) in [5, 5.41) is 0. The maximum Gasteiger partial charge on any atom is 0.0784 e. The first-order valence-corrected chi connectivity index (χ1v) is 7.27. The molecule has 0 radical (unpaired) electrons. The lowest BCUT2D eigenvalue weighted by atomic mass is 9.76. The minimum absolute atomic E-state index is 0.0698. The van der Waals surface area contributed by atoms with E-state index >= 15 is 0 Å². The Morgan fingerprint density at radius 3 is 2.71 bits per heavy atom. The van der Waals surface area contributed by atoms with Crippen molar-refractivity contribution in [2.45, 2.75) is 64.6 Å². The van der Waals surface area contributed by atoms with Crippen molar-refractivity contribution in [3.05, 3.63) is 12.2 Å². The Bertz CT molecular complexity index is 359. The van der Waals surface area contributed by atoms with E-state index in [9.17, 15) is 0 Å². The molecule has 0 N–H and O–H groups in total. The van der Waals surface area contributed by atoms with Gasteiger partial charge in [0.05, 0.1) is 11.2 Å². The topological polar surface area (TPSA) is 9.23 Å². The third kappa shape index (κ3) is 1.35. The fraction of sp³-hybridized carbons (Fsp3) is 0.875. The fourth-order valence-electron chi connectivity index (χ4n) is 5.11. The molecule has 1 saturated carbocycles. The Morgan fingerprint density at radius 1 is 1.35 bits per heavy atom. The fourth-order valence-corrected chi connectivity index (χ4v) is 5.11. The van der Waals surface area contributed by atoms with Gasteiger partial charge in [-0.25, -0.2) is 0 Å². The smallest absolute Gasteiger partial charge is 0.0784 e. The Labute approximate surface area is 106 Å². The summed E-state index contributed by atoms with van der Waals surface area (Å²) in [5.41, 5.74) is 1.70. The van der Waals surface area contributed by atoms with E-state index in [1.807, 2.05) is 0 Å². The molecule has 1 spiro atoms. The summed E-state index contributed by atoms with van der Waals surface area (Å²) in [6, 6.07) is 0. The highest BCUT2D eigenvalue weighted by Crippen LogP contribution is 2.64. The summed E-state index contributed by atoms with van der Waals surface area (Å²) < 4.78 is 6.69. The zero-order valence-corrected chi connectivity index (χ0v) is 11.8. The molecule has 1 heteroatoms. The van der Waals surface area contributed by atoms with Crippen LogP contribution in [0.1, 0.15) is 53.4 Å². The van der Waals surface area contributed by atoms with Crippen LogP contribution in [0.3, 0.4) is 0 Å². The number of rotatable bonds is 1. The van der Waals surface area contributed by atoms with Crippen molar-refractivity contribution in [1.29, 1.82) is 0 Å². The SMILES string of the molecule is C=C1C[C@]2(C)O[C@]3(C[C@@H]2C(C)C)[C@H](C)CC[C@@H]13. The molecule has 17 heavy (non-hydrogen) atoms. The monoisotopic (exact) mass is 234 g/mol. The van der Waals surface area contributed by atoms with Crippen LogP contribution >= 0.6 is 0 Å². The van der Waals surface area contributed by atoms with E-state index in [1.165, 1.54) is 24.8 Å². The summed E-state index contributed by atoms with van der Waals surface area (Å²) in [6.07, 6.45) is 4.99. The van der Waals surface area contributed by atoms with E-state index in [0.717, 1.165) is 12.3 Å². The molecular weight excluding hydrogens is 208 g/mol. The first kappa shape index (κ1) is 11.8. The molecular formula is C16H26O. The highest BCUT2D eigenvalue weighted by atomic mass is 16.5. The van der Waals surface area contributed by atoms with Crippen molar-refractivity contribution in [3.63, 3.8) is 0 Å². The summed E-state index contributed by atoms with van der Waals surface area (Å²) in [4.78, 5) is 0. The van der Waals surface area contributed by atoms with Gasteiger partial charge in [0.15, 0.2) is 0 Å². The second-order valence-electron chi connectivity index (χ2n) is 7.29. The summed E-state index contributed by atoms with van der Waals surface area (Å²) >= 11 is 0. The van der Waals surface area contributed by atoms with E-state index < -0.39 is 0 Å². The van der Waals surface area contributed by atoms with Crippen LogP contribution in [0.15, 0.2) is 12.2 Å². The molecule has 0 aromatic rings. The normalized spacial score (nSPS) is 53.2. The van der Waals surface area contributed by atoms with Crippen LogP contribution in [0.25, 0.3) is 0 Å². The number of ether oxygens (including phenoxy) is 1. The van der Waals surface area contributed by atoms with Gasteiger partial charge in [0.1, 0.15) is 0 Å². The van der Waals surface area contributed by atoms with Crippen molar-refractivity contribution in [3.8, 4) is 0 Å². The summed E-state index contributed by atoms with van der Waals surface area (Å²) in [5.74, 6) is 2.80. The Hall–Kier alpha value is -0.300. The van der Waals surface area contributed by atoms with Gasteiger partial charge in [-0.1, -0.05) is 32.9 Å². The summed E-state index contributed by atoms with van der Waals surface area (Å²) in [6.45, 7) is 13.8. The molecule has 0 aromatic carbocycles. The highest BCUT2D eigenvalue weighted by molar-refractivity contribution is 5.25. The predicted octanol–water partition coefficient (Wildman–Crippen LogP) is 4.18. The quantitative estimate of drug-likeness (QED) is 0.618. The molecule has 3 rings (SSSR count). The van der Waals surface area contributed by atoms with E-state index in [1.54, 1.807) is 0 Å². The molecule has 0 unspecified atom stereocenters. The second kappa shape index (κ2) is 3.38. The Kier molecular flexibility index (Phi) is 2.34. The second-order valence-corrected chi connectivity index (χ2v) is 7.29. The third-order valence-corrected chi connectivity index (χ3v) is 5.93. The summed E-state index contributed by atoms with van der Waals surface area (Å²) in [7, 11) is 0. The van der Waals surface area contributed by atoms with Gasteiger partial charge in [-0.05, 0) is 50.4 Å². The largest absolute Gasteiger partial charge is 0.367 e. The maximum absolute atomic E-state index is 6.69. The molecule has 2 bridgehead atoms. The lowest BCUT2D eigenvalue weighted by Gasteiger charge is -2.45. The molecule has 3 fully saturated rings. The van der Waals surface area contributed by atoms with Gasteiger partial charge >= 0.3 is 0 Å². The zero-order chi connectivity index (χ0) is 12.4. The highest BCUT2D eigenvalue weighted by Gasteiger charge is 2.65. The van der Waals surface area contributed by atoms with Crippen LogP contribution in [-0.2, 0) is 4.74 Å².